The van der Waals surface area contributed by atoms with E-state index in [1.165, 1.54) is 5.56 Å². The molecule has 1 heterocycles. The summed E-state index contributed by atoms with van der Waals surface area (Å²) >= 11 is 13.7. The Morgan fingerprint density at radius 2 is 2.06 bits per heavy atom. The monoisotopic (exact) mass is 298 g/mol. The molecule has 5 heteroatoms. The molecule has 0 aliphatic carbocycles. The van der Waals surface area contributed by atoms with Gasteiger partial charge in [-0.3, -0.25) is 0 Å². The zero-order valence-corrected chi connectivity index (χ0v) is 12.1. The third kappa shape index (κ3) is 3.55. The van der Waals surface area contributed by atoms with Crippen molar-refractivity contribution in [3.8, 4) is 0 Å². The Morgan fingerprint density at radius 3 is 2.83 bits per heavy atom. The van der Waals surface area contributed by atoms with Gasteiger partial charge in [-0.2, -0.15) is 0 Å². The van der Waals surface area contributed by atoms with Crippen molar-refractivity contribution >= 4 is 40.8 Å². The van der Waals surface area contributed by atoms with Gasteiger partial charge in [0.15, 0.2) is 0 Å². The van der Waals surface area contributed by atoms with Crippen LogP contribution in [0, 0.1) is 0 Å². The van der Waals surface area contributed by atoms with Crippen molar-refractivity contribution in [3.63, 3.8) is 0 Å². The van der Waals surface area contributed by atoms with Crippen LogP contribution in [0.25, 0.3) is 0 Å². The van der Waals surface area contributed by atoms with Crippen molar-refractivity contribution in [3.05, 3.63) is 52.1 Å². The average molecular weight is 299 g/mol. The van der Waals surface area contributed by atoms with Crippen molar-refractivity contribution in [1.29, 1.82) is 0 Å². The molecule has 2 nitrogen and oxygen atoms in total. The topological polar surface area (TPSA) is 24.9 Å². The second-order valence-electron chi connectivity index (χ2n) is 3.66. The highest BCUT2D eigenvalue weighted by molar-refractivity contribution is 7.98. The Bertz CT molecular complexity index is 546. The number of hydrogen-bond acceptors (Lipinski definition) is 3. The number of rotatable bonds is 4. The maximum absolute atomic E-state index is 6.12. The van der Waals surface area contributed by atoms with Gasteiger partial charge in [-0.25, -0.2) is 4.98 Å². The summed E-state index contributed by atoms with van der Waals surface area (Å²) in [7, 11) is 1.85. The number of hydrogen-bond donors (Lipinski definition) is 1. The number of aromatic nitrogens is 1. The van der Waals surface area contributed by atoms with Crippen molar-refractivity contribution in [1.82, 2.24) is 4.98 Å². The summed E-state index contributed by atoms with van der Waals surface area (Å²) in [4.78, 5) is 5.17. The molecule has 0 aliphatic heterocycles. The molecule has 0 spiro atoms. The molecule has 0 amide bonds. The van der Waals surface area contributed by atoms with Gasteiger partial charge in [-0.15, -0.1) is 11.8 Å². The second-order valence-corrected chi connectivity index (χ2v) is 5.52. The zero-order valence-electron chi connectivity index (χ0n) is 9.78. The highest BCUT2D eigenvalue weighted by atomic mass is 35.5. The fourth-order valence-electron chi connectivity index (χ4n) is 1.45. The van der Waals surface area contributed by atoms with E-state index in [0.29, 0.717) is 5.02 Å². The van der Waals surface area contributed by atoms with Crippen molar-refractivity contribution in [2.75, 3.05) is 12.4 Å². The van der Waals surface area contributed by atoms with Crippen LogP contribution in [0.4, 0.5) is 5.82 Å². The molecule has 0 saturated carbocycles. The first-order valence-corrected chi connectivity index (χ1v) is 7.14. The lowest BCUT2D eigenvalue weighted by Crippen LogP contribution is -1.92. The lowest BCUT2D eigenvalue weighted by molar-refractivity contribution is 1.24. The number of halogens is 2. The van der Waals surface area contributed by atoms with Gasteiger partial charge in [0.25, 0.3) is 0 Å². The molecule has 0 aliphatic rings. The van der Waals surface area contributed by atoms with Crippen LogP contribution in [0.1, 0.15) is 5.56 Å². The van der Waals surface area contributed by atoms with Crippen molar-refractivity contribution in [2.45, 2.75) is 10.6 Å². The Morgan fingerprint density at radius 1 is 1.22 bits per heavy atom. The molecule has 1 aromatic heterocycles. The first-order chi connectivity index (χ1) is 8.69. The molecule has 0 bridgehead atoms. The summed E-state index contributed by atoms with van der Waals surface area (Å²) in [5.74, 6) is 1.70. The summed E-state index contributed by atoms with van der Waals surface area (Å²) in [6, 6.07) is 9.50. The molecule has 2 aromatic rings. The van der Waals surface area contributed by atoms with Crippen LogP contribution >= 0.6 is 35.0 Å². The van der Waals surface area contributed by atoms with E-state index in [1.807, 2.05) is 31.3 Å². The van der Waals surface area contributed by atoms with Gasteiger partial charge >= 0.3 is 0 Å². The molecule has 18 heavy (non-hydrogen) atoms. The minimum absolute atomic E-state index is 0.701. The van der Waals surface area contributed by atoms with Crippen LogP contribution in [0.3, 0.4) is 0 Å². The maximum Gasteiger partial charge on any atom is 0.125 e. The predicted octanol–water partition coefficient (Wildman–Crippen LogP) is 4.72. The van der Waals surface area contributed by atoms with Gasteiger partial charge in [0.05, 0.1) is 5.02 Å². The quantitative estimate of drug-likeness (QED) is 0.827. The Balaban J connectivity index is 2.08. The van der Waals surface area contributed by atoms with Gasteiger partial charge < -0.3 is 5.32 Å². The SMILES string of the molecule is CNc1cc(CSc2cc(Cl)ccc2Cl)ccn1. The van der Waals surface area contributed by atoms with Gasteiger partial charge in [0.2, 0.25) is 0 Å². The molecule has 0 saturated heterocycles. The summed E-state index contributed by atoms with van der Waals surface area (Å²) < 4.78 is 0. The van der Waals surface area contributed by atoms with Gasteiger partial charge in [-0.05, 0) is 35.9 Å². The molecule has 0 unspecified atom stereocenters. The van der Waals surface area contributed by atoms with Crippen LogP contribution in [0.15, 0.2) is 41.4 Å². The number of thioether (sulfide) groups is 1. The highest BCUT2D eigenvalue weighted by Crippen LogP contribution is 2.32. The molecule has 1 N–H and O–H groups in total. The third-order valence-corrected chi connectivity index (χ3v) is 4.17. The normalized spacial score (nSPS) is 10.4. The number of nitrogens with one attached hydrogen (secondary N) is 1. The minimum Gasteiger partial charge on any atom is -0.373 e. The van der Waals surface area contributed by atoms with E-state index in [0.717, 1.165) is 21.5 Å². The van der Waals surface area contributed by atoms with Crippen molar-refractivity contribution in [2.24, 2.45) is 0 Å². The average Bonchev–Trinajstić information content (AvgIpc) is 2.40. The van der Waals surface area contributed by atoms with E-state index in [1.54, 1.807) is 24.0 Å². The lowest BCUT2D eigenvalue weighted by Gasteiger charge is -2.06. The molecule has 0 fully saturated rings. The summed E-state index contributed by atoms with van der Waals surface area (Å²) in [6.45, 7) is 0. The van der Waals surface area contributed by atoms with Crippen LogP contribution in [-0.4, -0.2) is 12.0 Å². The standard InChI is InChI=1S/C13H12Cl2N2S/c1-16-13-6-9(4-5-17-13)8-18-12-7-10(14)2-3-11(12)15/h2-7H,8H2,1H3,(H,16,17). The molecular weight excluding hydrogens is 287 g/mol. The predicted molar refractivity (Wildman–Crippen MR) is 79.8 cm³/mol. The summed E-state index contributed by atoms with van der Waals surface area (Å²) in [6.07, 6.45) is 1.79. The molecule has 0 radical (unpaired) electrons. The Labute approximate surface area is 121 Å². The Kier molecular flexibility index (Phi) is 4.75. The number of pyridine rings is 1. The van der Waals surface area contributed by atoms with E-state index in [-0.39, 0.29) is 0 Å². The first kappa shape index (κ1) is 13.5. The molecule has 0 atom stereocenters. The van der Waals surface area contributed by atoms with Crippen LogP contribution < -0.4 is 5.32 Å². The van der Waals surface area contributed by atoms with E-state index >= 15 is 0 Å². The molecule has 94 valence electrons. The number of anilines is 1. The Hall–Kier alpha value is -0.900. The largest absolute Gasteiger partial charge is 0.373 e. The summed E-state index contributed by atoms with van der Waals surface area (Å²) in [5, 5.41) is 4.45. The highest BCUT2D eigenvalue weighted by Gasteiger charge is 2.03. The molecule has 1 aromatic carbocycles. The van der Waals surface area contributed by atoms with Crippen LogP contribution in [0.5, 0.6) is 0 Å². The van der Waals surface area contributed by atoms with E-state index in [9.17, 15) is 0 Å². The van der Waals surface area contributed by atoms with E-state index in [2.05, 4.69) is 10.3 Å². The fourth-order valence-corrected chi connectivity index (χ4v) is 2.89. The molecule has 2 rings (SSSR count). The van der Waals surface area contributed by atoms with E-state index in [4.69, 9.17) is 23.2 Å². The van der Waals surface area contributed by atoms with Crippen molar-refractivity contribution < 1.29 is 0 Å². The number of nitrogens with zero attached hydrogens (tertiary/aromatic N) is 1. The van der Waals surface area contributed by atoms with E-state index < -0.39 is 0 Å². The lowest BCUT2D eigenvalue weighted by atomic mass is 10.3. The minimum atomic E-state index is 0.701. The van der Waals surface area contributed by atoms with Gasteiger partial charge in [-0.1, -0.05) is 23.2 Å². The molecular formula is C13H12Cl2N2S. The van der Waals surface area contributed by atoms with Crippen LogP contribution in [0.2, 0.25) is 10.0 Å². The van der Waals surface area contributed by atoms with Gasteiger partial charge in [0, 0.05) is 28.9 Å². The zero-order chi connectivity index (χ0) is 13.0. The van der Waals surface area contributed by atoms with Crippen LogP contribution in [-0.2, 0) is 5.75 Å². The number of benzene rings is 1. The summed E-state index contributed by atoms with van der Waals surface area (Å²) in [5.41, 5.74) is 1.19. The van der Waals surface area contributed by atoms with Gasteiger partial charge in [0.1, 0.15) is 5.82 Å². The first-order valence-electron chi connectivity index (χ1n) is 5.39. The smallest absolute Gasteiger partial charge is 0.125 e. The maximum atomic E-state index is 6.12. The second kappa shape index (κ2) is 6.32. The third-order valence-electron chi connectivity index (χ3n) is 2.37. The fraction of sp³-hybridized carbons (Fsp3) is 0.154.